The van der Waals surface area contributed by atoms with Gasteiger partial charge in [0.05, 0.1) is 7.05 Å². The topological polar surface area (TPSA) is 29.1 Å². The fraction of sp³-hybridized carbons (Fsp3) is 0.636. The summed E-state index contributed by atoms with van der Waals surface area (Å²) >= 11 is 0. The first-order valence-corrected chi connectivity index (χ1v) is 5.52. The highest BCUT2D eigenvalue weighted by atomic mass is 16.2. The van der Waals surface area contributed by atoms with Gasteiger partial charge in [0, 0.05) is 12.6 Å². The van der Waals surface area contributed by atoms with Crippen LogP contribution < -0.4 is 4.57 Å². The van der Waals surface area contributed by atoms with Crippen LogP contribution in [0.3, 0.4) is 0 Å². The highest BCUT2D eigenvalue weighted by Gasteiger charge is 2.27. The fourth-order valence-electron chi connectivity index (χ4n) is 2.09. The second-order valence-corrected chi connectivity index (χ2v) is 4.31. The van der Waals surface area contributed by atoms with E-state index in [0.717, 1.165) is 19.4 Å². The molecule has 4 nitrogen and oxygen atoms in total. The van der Waals surface area contributed by atoms with Crippen LogP contribution >= 0.6 is 0 Å². The molecule has 1 fully saturated rings. The molecule has 1 atom stereocenters. The SMILES string of the molecule is CC1CCCCN1C(=O)n1cc[n+](C)c1. The van der Waals surface area contributed by atoms with Crippen LogP contribution in [0, 0.1) is 0 Å². The molecule has 0 aromatic carbocycles. The van der Waals surface area contributed by atoms with Gasteiger partial charge in [0.2, 0.25) is 0 Å². The molecule has 1 aliphatic rings. The second kappa shape index (κ2) is 4.04. The molecular formula is C11H18N3O+. The Morgan fingerprint density at radius 2 is 2.27 bits per heavy atom. The first kappa shape index (κ1) is 10.2. The molecule has 1 aromatic rings. The molecule has 15 heavy (non-hydrogen) atoms. The van der Waals surface area contributed by atoms with E-state index in [2.05, 4.69) is 6.92 Å². The Kier molecular flexibility index (Phi) is 2.75. The molecule has 1 amide bonds. The number of imidazole rings is 1. The van der Waals surface area contributed by atoms with E-state index < -0.39 is 0 Å². The summed E-state index contributed by atoms with van der Waals surface area (Å²) in [6, 6.07) is 0.474. The third-order valence-electron chi connectivity index (χ3n) is 3.04. The molecule has 0 bridgehead atoms. The van der Waals surface area contributed by atoms with Crippen molar-refractivity contribution in [3.8, 4) is 0 Å². The molecule has 2 rings (SSSR count). The van der Waals surface area contributed by atoms with Gasteiger partial charge in [-0.15, -0.1) is 0 Å². The maximum Gasteiger partial charge on any atom is 0.416 e. The molecule has 82 valence electrons. The predicted octanol–water partition coefficient (Wildman–Crippen LogP) is 1.16. The van der Waals surface area contributed by atoms with Crippen molar-refractivity contribution in [2.75, 3.05) is 6.54 Å². The van der Waals surface area contributed by atoms with E-state index in [4.69, 9.17) is 0 Å². The Bertz CT molecular complexity index is 358. The van der Waals surface area contributed by atoms with Gasteiger partial charge in [-0.1, -0.05) is 0 Å². The molecule has 1 aliphatic heterocycles. The van der Waals surface area contributed by atoms with Gasteiger partial charge in [0.25, 0.3) is 6.33 Å². The molecule has 1 aromatic heterocycles. The number of carbonyl (C=O) groups is 1. The maximum atomic E-state index is 12.1. The van der Waals surface area contributed by atoms with Crippen LogP contribution in [0.4, 0.5) is 4.79 Å². The fourth-order valence-corrected chi connectivity index (χ4v) is 2.09. The summed E-state index contributed by atoms with van der Waals surface area (Å²) in [4.78, 5) is 14.1. The maximum absolute atomic E-state index is 12.1. The smallest absolute Gasteiger partial charge is 0.302 e. The number of hydrogen-bond donors (Lipinski definition) is 0. The summed E-state index contributed by atoms with van der Waals surface area (Å²) in [5.74, 6) is 0. The van der Waals surface area contributed by atoms with Gasteiger partial charge in [-0.3, -0.25) is 0 Å². The number of piperidine rings is 1. The van der Waals surface area contributed by atoms with Crippen molar-refractivity contribution in [2.24, 2.45) is 7.05 Å². The van der Waals surface area contributed by atoms with Gasteiger partial charge in [0.1, 0.15) is 12.4 Å². The van der Waals surface area contributed by atoms with E-state index in [9.17, 15) is 4.79 Å². The minimum Gasteiger partial charge on any atom is -0.302 e. The van der Waals surface area contributed by atoms with Crippen molar-refractivity contribution in [3.05, 3.63) is 18.7 Å². The highest BCUT2D eigenvalue weighted by Crippen LogP contribution is 2.17. The van der Waals surface area contributed by atoms with Gasteiger partial charge in [0.15, 0.2) is 0 Å². The third kappa shape index (κ3) is 2.03. The van der Waals surface area contributed by atoms with E-state index in [1.165, 1.54) is 6.42 Å². The predicted molar refractivity (Wildman–Crippen MR) is 56.4 cm³/mol. The quantitative estimate of drug-likeness (QED) is 0.588. The van der Waals surface area contributed by atoms with Crippen LogP contribution in [0.1, 0.15) is 26.2 Å². The van der Waals surface area contributed by atoms with Crippen molar-refractivity contribution in [2.45, 2.75) is 32.2 Å². The van der Waals surface area contributed by atoms with Crippen molar-refractivity contribution < 1.29 is 9.36 Å². The number of hydrogen-bond acceptors (Lipinski definition) is 1. The van der Waals surface area contributed by atoms with Crippen LogP contribution in [0.15, 0.2) is 18.7 Å². The number of aromatic nitrogens is 2. The molecule has 0 spiro atoms. The van der Waals surface area contributed by atoms with Crippen LogP contribution in [0.5, 0.6) is 0 Å². The van der Waals surface area contributed by atoms with Crippen molar-refractivity contribution in [1.29, 1.82) is 0 Å². The van der Waals surface area contributed by atoms with Crippen LogP contribution in [0.25, 0.3) is 0 Å². The summed E-state index contributed by atoms with van der Waals surface area (Å²) in [5, 5.41) is 0. The molecule has 4 heteroatoms. The number of amides is 1. The number of rotatable bonds is 0. The first-order chi connectivity index (χ1) is 7.18. The third-order valence-corrected chi connectivity index (χ3v) is 3.04. The zero-order valence-electron chi connectivity index (χ0n) is 9.39. The molecule has 0 radical (unpaired) electrons. The van der Waals surface area contributed by atoms with Crippen LogP contribution in [-0.2, 0) is 7.05 Å². The number of aryl methyl sites for hydroxylation is 1. The zero-order valence-corrected chi connectivity index (χ0v) is 9.39. The minimum absolute atomic E-state index is 0.0998. The van der Waals surface area contributed by atoms with Gasteiger partial charge in [-0.05, 0) is 26.2 Å². The Labute approximate surface area is 90.1 Å². The summed E-state index contributed by atoms with van der Waals surface area (Å²) in [7, 11) is 1.92. The molecule has 1 unspecified atom stereocenters. The summed E-state index contributed by atoms with van der Waals surface area (Å²) < 4.78 is 3.54. The van der Waals surface area contributed by atoms with Crippen LogP contribution in [-0.4, -0.2) is 28.1 Å². The largest absolute Gasteiger partial charge is 0.416 e. The lowest BCUT2D eigenvalue weighted by Gasteiger charge is -2.31. The summed E-state index contributed by atoms with van der Waals surface area (Å²) in [6.07, 6.45) is 8.99. The van der Waals surface area contributed by atoms with Gasteiger partial charge in [-0.25, -0.2) is 9.36 Å². The van der Waals surface area contributed by atoms with Gasteiger partial charge < -0.3 is 4.90 Å². The average Bonchev–Trinajstić information content (AvgIpc) is 2.65. The Morgan fingerprint density at radius 1 is 1.47 bits per heavy atom. The summed E-state index contributed by atoms with van der Waals surface area (Å²) in [6.45, 7) is 3.02. The Hall–Kier alpha value is -1.32. The second-order valence-electron chi connectivity index (χ2n) is 4.31. The number of nitrogens with zero attached hydrogens (tertiary/aromatic N) is 3. The van der Waals surface area contributed by atoms with E-state index in [0.29, 0.717) is 6.04 Å². The molecule has 0 saturated carbocycles. The van der Waals surface area contributed by atoms with E-state index in [1.54, 1.807) is 4.57 Å². The normalized spacial score (nSPS) is 21.7. The lowest BCUT2D eigenvalue weighted by Crippen LogP contribution is -2.44. The van der Waals surface area contributed by atoms with Crippen molar-refractivity contribution in [3.63, 3.8) is 0 Å². The van der Waals surface area contributed by atoms with Gasteiger partial charge in [-0.2, -0.15) is 4.57 Å². The molecule has 0 aliphatic carbocycles. The number of carbonyl (C=O) groups excluding carboxylic acids is 1. The monoisotopic (exact) mass is 208 g/mol. The molecule has 1 saturated heterocycles. The number of likely N-dealkylation sites (tertiary alicyclic amines) is 1. The molecule has 2 heterocycles. The zero-order chi connectivity index (χ0) is 10.8. The standard InChI is InChI=1S/C11H18N3O/c1-10-5-3-4-6-14(10)11(15)13-8-7-12(2)9-13/h7-10H,3-6H2,1-2H3/q+1. The summed E-state index contributed by atoms with van der Waals surface area (Å²) in [5.41, 5.74) is 0. The Morgan fingerprint density at radius 3 is 2.87 bits per heavy atom. The van der Waals surface area contributed by atoms with Crippen molar-refractivity contribution >= 4 is 6.03 Å². The minimum atomic E-state index is 0.0998. The average molecular weight is 208 g/mol. The first-order valence-electron chi connectivity index (χ1n) is 5.52. The molecule has 0 N–H and O–H groups in total. The highest BCUT2D eigenvalue weighted by molar-refractivity contribution is 5.76. The van der Waals surface area contributed by atoms with Crippen molar-refractivity contribution in [1.82, 2.24) is 9.47 Å². The van der Waals surface area contributed by atoms with E-state index in [-0.39, 0.29) is 6.03 Å². The lowest BCUT2D eigenvalue weighted by atomic mass is 10.0. The van der Waals surface area contributed by atoms with Crippen LogP contribution in [0.2, 0.25) is 0 Å². The van der Waals surface area contributed by atoms with E-state index >= 15 is 0 Å². The molecular weight excluding hydrogens is 190 g/mol. The Balaban J connectivity index is 2.13. The lowest BCUT2D eigenvalue weighted by molar-refractivity contribution is -0.670. The van der Waals surface area contributed by atoms with E-state index in [1.807, 2.05) is 35.2 Å². The van der Waals surface area contributed by atoms with Gasteiger partial charge >= 0.3 is 6.03 Å².